The molecule has 0 spiro atoms. The van der Waals surface area contributed by atoms with Gasteiger partial charge in [-0.1, -0.05) is 104 Å². The predicted molar refractivity (Wildman–Crippen MR) is 188 cm³/mol. The Morgan fingerprint density at radius 2 is 1.39 bits per heavy atom. The van der Waals surface area contributed by atoms with Crippen LogP contribution in [-0.2, 0) is 0 Å². The van der Waals surface area contributed by atoms with E-state index >= 15 is 0 Å². The van der Waals surface area contributed by atoms with Gasteiger partial charge in [0.1, 0.15) is 0 Å². The average molecular weight is 567 g/mol. The molecule has 2 nitrogen and oxygen atoms in total. The molecule has 0 unspecified atom stereocenters. The highest BCUT2D eigenvalue weighted by Gasteiger charge is 2.26. The van der Waals surface area contributed by atoms with Gasteiger partial charge in [0.2, 0.25) is 0 Å². The Labute approximate surface area is 258 Å². The average Bonchev–Trinajstić information content (AvgIpc) is 3.21. The minimum Gasteiger partial charge on any atom is -0.313 e. The van der Waals surface area contributed by atoms with Crippen LogP contribution < -0.4 is 15.3 Å². The fraction of sp³-hybridized carbons (Fsp3) is 0.0952. The Morgan fingerprint density at radius 3 is 2.14 bits per heavy atom. The number of allylic oxidation sites excluding steroid dienone is 4. The normalized spacial score (nSPS) is 14.8. The van der Waals surface area contributed by atoms with Crippen molar-refractivity contribution in [2.75, 3.05) is 4.90 Å². The largest absolute Gasteiger partial charge is 0.313 e. The van der Waals surface area contributed by atoms with E-state index in [4.69, 9.17) is 0 Å². The first kappa shape index (κ1) is 26.3. The third kappa shape index (κ3) is 4.18. The summed E-state index contributed by atoms with van der Waals surface area (Å²) in [6.45, 7) is 6.73. The van der Waals surface area contributed by atoms with E-state index in [-0.39, 0.29) is 0 Å². The topological polar surface area (TPSA) is 8.17 Å². The molecule has 1 aliphatic heterocycles. The summed E-state index contributed by atoms with van der Waals surface area (Å²) in [4.78, 5) is 2.47. The monoisotopic (exact) mass is 566 g/mol. The van der Waals surface area contributed by atoms with Crippen molar-refractivity contribution < 1.29 is 0 Å². The van der Waals surface area contributed by atoms with E-state index in [0.29, 0.717) is 0 Å². The lowest BCUT2D eigenvalue weighted by Gasteiger charge is -2.34. The van der Waals surface area contributed by atoms with Crippen LogP contribution >= 0.6 is 0 Å². The molecule has 0 amide bonds. The molecule has 1 aromatic heterocycles. The summed E-state index contributed by atoms with van der Waals surface area (Å²) < 4.78 is 2.49. The number of anilines is 1. The number of hydrogen-bond acceptors (Lipinski definition) is 1. The zero-order valence-electron chi connectivity index (χ0n) is 25.0. The van der Waals surface area contributed by atoms with E-state index in [1.54, 1.807) is 0 Å². The van der Waals surface area contributed by atoms with Gasteiger partial charge in [-0.25, -0.2) is 0 Å². The first-order valence-electron chi connectivity index (χ1n) is 15.6. The Morgan fingerprint density at radius 1 is 0.705 bits per heavy atom. The van der Waals surface area contributed by atoms with Gasteiger partial charge in [0, 0.05) is 32.9 Å². The van der Waals surface area contributed by atoms with Crippen LogP contribution in [0.5, 0.6) is 0 Å². The van der Waals surface area contributed by atoms with Gasteiger partial charge in [-0.2, -0.15) is 0 Å². The molecule has 0 saturated heterocycles. The van der Waals surface area contributed by atoms with Gasteiger partial charge in [0.25, 0.3) is 0 Å². The number of nitrogens with zero attached hydrogens (tertiary/aromatic N) is 2. The van der Waals surface area contributed by atoms with E-state index in [0.717, 1.165) is 30.2 Å². The van der Waals surface area contributed by atoms with Crippen molar-refractivity contribution in [1.82, 2.24) is 4.57 Å². The minimum absolute atomic E-state index is 1.01. The Balaban J connectivity index is 1.39. The second-order valence-electron chi connectivity index (χ2n) is 11.7. The number of rotatable bonds is 4. The van der Waals surface area contributed by atoms with Gasteiger partial charge in [0.15, 0.2) is 0 Å². The van der Waals surface area contributed by atoms with Gasteiger partial charge in [-0.3, -0.25) is 0 Å². The number of benzene rings is 5. The lowest BCUT2D eigenvalue weighted by Crippen LogP contribution is -2.38. The standard InChI is InChI=1S/C42H34N2/c1-3-15-41-42-29(2)26-31(30-16-5-4-6-17-30)27-37(42)36-22-11-14-25-40(36)44(41)33-19-8-7-18-32(28-33)43-38-23-12-9-20-34(38)35-21-10-13-24-39(35)43/h3-6,9-17,19-28H,2,7-8,18H2,1H3/b15-3-. The first-order chi connectivity index (χ1) is 21.7. The van der Waals surface area contributed by atoms with Gasteiger partial charge in [0.05, 0.1) is 22.4 Å². The third-order valence-corrected chi connectivity index (χ3v) is 9.01. The van der Waals surface area contributed by atoms with E-state index < -0.39 is 0 Å². The highest BCUT2D eigenvalue weighted by Crippen LogP contribution is 2.41. The quantitative estimate of drug-likeness (QED) is 0.206. The van der Waals surface area contributed by atoms with Crippen molar-refractivity contribution in [3.63, 3.8) is 0 Å². The Kier molecular flexibility index (Phi) is 6.42. The number of para-hydroxylation sites is 3. The number of hydrogen-bond donors (Lipinski definition) is 0. The molecule has 44 heavy (non-hydrogen) atoms. The fourth-order valence-electron chi connectivity index (χ4n) is 7.15. The van der Waals surface area contributed by atoms with Crippen LogP contribution in [0.3, 0.4) is 0 Å². The smallest absolute Gasteiger partial charge is 0.0542 e. The summed E-state index contributed by atoms with van der Waals surface area (Å²) in [5, 5.41) is 4.83. The lowest BCUT2D eigenvalue weighted by atomic mass is 9.90. The third-order valence-electron chi connectivity index (χ3n) is 9.01. The maximum Gasteiger partial charge on any atom is 0.0542 e. The maximum atomic E-state index is 4.63. The highest BCUT2D eigenvalue weighted by atomic mass is 15.2. The summed E-state index contributed by atoms with van der Waals surface area (Å²) in [5.74, 6) is 0. The first-order valence-corrected chi connectivity index (χ1v) is 15.6. The van der Waals surface area contributed by atoms with Crippen molar-refractivity contribution in [3.8, 4) is 22.3 Å². The van der Waals surface area contributed by atoms with E-state index in [2.05, 4.69) is 163 Å². The summed E-state index contributed by atoms with van der Waals surface area (Å²) in [6.07, 6.45) is 12.4. The van der Waals surface area contributed by atoms with E-state index in [1.165, 1.54) is 66.4 Å². The molecule has 0 saturated carbocycles. The van der Waals surface area contributed by atoms with E-state index in [1.807, 2.05) is 0 Å². The lowest BCUT2D eigenvalue weighted by molar-refractivity contribution is 0.859. The molecule has 5 aromatic carbocycles. The molecule has 1 aliphatic carbocycles. The van der Waals surface area contributed by atoms with Crippen LogP contribution in [0.2, 0.25) is 0 Å². The van der Waals surface area contributed by atoms with Crippen LogP contribution in [0.4, 0.5) is 5.69 Å². The van der Waals surface area contributed by atoms with Crippen molar-refractivity contribution in [1.29, 1.82) is 0 Å². The predicted octanol–water partition coefficient (Wildman–Crippen LogP) is 9.65. The molecule has 0 N–H and O–H groups in total. The summed E-state index contributed by atoms with van der Waals surface area (Å²) in [7, 11) is 0. The van der Waals surface area contributed by atoms with Crippen molar-refractivity contribution >= 4 is 45.5 Å². The molecule has 0 radical (unpaired) electrons. The summed E-state index contributed by atoms with van der Waals surface area (Å²) >= 11 is 0. The molecular weight excluding hydrogens is 532 g/mol. The molecular formula is C42H34N2. The van der Waals surface area contributed by atoms with Crippen molar-refractivity contribution in [3.05, 3.63) is 156 Å². The van der Waals surface area contributed by atoms with E-state index in [9.17, 15) is 0 Å². The molecule has 2 heterocycles. The molecule has 0 fully saturated rings. The molecule has 0 bridgehead atoms. The Bertz CT molecular complexity index is 2230. The van der Waals surface area contributed by atoms with Crippen LogP contribution in [-0.4, -0.2) is 4.57 Å². The SMILES string of the molecule is C=c1cc(-c2ccccc2)cc2c1=C(/C=C\C)N(C1=CCCCC(n3c4ccccc4c4ccccc43)=C1)c1ccccc1-2. The summed E-state index contributed by atoms with van der Waals surface area (Å²) in [6, 6.07) is 41.7. The number of fused-ring (bicyclic) bond motifs is 6. The molecule has 8 rings (SSSR count). The number of aromatic nitrogens is 1. The van der Waals surface area contributed by atoms with Crippen molar-refractivity contribution in [2.45, 2.75) is 26.2 Å². The van der Waals surface area contributed by atoms with Crippen molar-refractivity contribution in [2.24, 2.45) is 0 Å². The molecule has 2 aliphatic rings. The molecule has 212 valence electrons. The van der Waals surface area contributed by atoms with Gasteiger partial charge in [-0.05, 0) is 90.6 Å². The maximum absolute atomic E-state index is 4.63. The second kappa shape index (κ2) is 10.7. The zero-order chi connectivity index (χ0) is 29.6. The molecule has 0 atom stereocenters. The highest BCUT2D eigenvalue weighted by molar-refractivity contribution is 6.10. The fourth-order valence-corrected chi connectivity index (χ4v) is 7.15. The second-order valence-corrected chi connectivity index (χ2v) is 11.7. The van der Waals surface area contributed by atoms with Crippen LogP contribution in [0.25, 0.3) is 62.0 Å². The minimum atomic E-state index is 1.01. The van der Waals surface area contributed by atoms with Crippen LogP contribution in [0.1, 0.15) is 26.2 Å². The van der Waals surface area contributed by atoms with Crippen LogP contribution in [0.15, 0.2) is 145 Å². The van der Waals surface area contributed by atoms with Crippen LogP contribution in [0, 0.1) is 0 Å². The van der Waals surface area contributed by atoms with Gasteiger partial charge in [-0.15, -0.1) is 0 Å². The Hall–Kier alpha value is -5.34. The summed E-state index contributed by atoms with van der Waals surface area (Å²) in [5.41, 5.74) is 12.3. The molecule has 2 heteroatoms. The molecule has 6 aromatic rings. The zero-order valence-corrected chi connectivity index (χ0v) is 25.0. The van der Waals surface area contributed by atoms with Gasteiger partial charge < -0.3 is 9.47 Å². The van der Waals surface area contributed by atoms with Gasteiger partial charge >= 0.3 is 0 Å².